The molecule has 5 heteroatoms. The molecule has 0 radical (unpaired) electrons. The van der Waals surface area contributed by atoms with Gasteiger partial charge in [0, 0.05) is 12.1 Å². The number of benzene rings is 1. The number of aliphatic hydroxyl groups is 1. The molecule has 116 valence electrons. The minimum atomic E-state index is -0.778. The molecule has 0 saturated heterocycles. The second kappa shape index (κ2) is 6.35. The van der Waals surface area contributed by atoms with Gasteiger partial charge in [0.1, 0.15) is 5.75 Å². The van der Waals surface area contributed by atoms with Gasteiger partial charge in [0.25, 0.3) is 5.91 Å². The van der Waals surface area contributed by atoms with Gasteiger partial charge in [-0.3, -0.25) is 4.79 Å². The molecule has 1 amide bonds. The highest BCUT2D eigenvalue weighted by molar-refractivity contribution is 5.95. The Morgan fingerprint density at radius 3 is 2.76 bits per heavy atom. The highest BCUT2D eigenvalue weighted by Gasteiger charge is 2.32. The van der Waals surface area contributed by atoms with Gasteiger partial charge in [-0.05, 0) is 49.8 Å². The van der Waals surface area contributed by atoms with Crippen LogP contribution < -0.4 is 15.8 Å². The van der Waals surface area contributed by atoms with Crippen LogP contribution in [0.15, 0.2) is 18.2 Å². The van der Waals surface area contributed by atoms with Crippen LogP contribution in [0.1, 0.15) is 43.0 Å². The molecule has 5 nitrogen and oxygen atoms in total. The molecule has 1 aliphatic carbocycles. The largest absolute Gasteiger partial charge is 0.495 e. The van der Waals surface area contributed by atoms with Crippen LogP contribution in [-0.4, -0.2) is 30.3 Å². The van der Waals surface area contributed by atoms with Crippen LogP contribution in [0.4, 0.5) is 5.69 Å². The number of nitrogens with two attached hydrogens (primary N) is 1. The molecule has 1 fully saturated rings. The average molecular weight is 292 g/mol. The molecule has 21 heavy (non-hydrogen) atoms. The van der Waals surface area contributed by atoms with Crippen LogP contribution in [0.25, 0.3) is 0 Å². The molecular weight excluding hydrogens is 268 g/mol. The zero-order chi connectivity index (χ0) is 15.5. The molecule has 0 unspecified atom stereocenters. The number of carbonyl (C=O) groups is 1. The molecule has 4 N–H and O–H groups in total. The second-order valence-electron chi connectivity index (χ2n) is 6.05. The topological polar surface area (TPSA) is 84.6 Å². The van der Waals surface area contributed by atoms with Crippen molar-refractivity contribution in [1.29, 1.82) is 0 Å². The maximum atomic E-state index is 12.2. The summed E-state index contributed by atoms with van der Waals surface area (Å²) >= 11 is 0. The Labute approximate surface area is 125 Å². The fraction of sp³-hybridized carbons (Fsp3) is 0.562. The van der Waals surface area contributed by atoms with Gasteiger partial charge >= 0.3 is 0 Å². The van der Waals surface area contributed by atoms with E-state index in [9.17, 15) is 9.90 Å². The minimum absolute atomic E-state index is 0.222. The lowest BCUT2D eigenvalue weighted by Gasteiger charge is -2.34. The van der Waals surface area contributed by atoms with E-state index in [-0.39, 0.29) is 12.5 Å². The number of carbonyl (C=O) groups excluding carboxylic acids is 1. The average Bonchev–Trinajstić information content (AvgIpc) is 2.49. The zero-order valence-electron chi connectivity index (χ0n) is 12.7. The Hall–Kier alpha value is -1.75. The number of hydrogen-bond donors (Lipinski definition) is 3. The molecule has 0 bridgehead atoms. The lowest BCUT2D eigenvalue weighted by atomic mass is 9.79. The van der Waals surface area contributed by atoms with Crippen molar-refractivity contribution < 1.29 is 14.6 Å². The third-order valence-electron chi connectivity index (χ3n) is 4.28. The van der Waals surface area contributed by atoms with Gasteiger partial charge in [-0.25, -0.2) is 0 Å². The van der Waals surface area contributed by atoms with Crippen LogP contribution >= 0.6 is 0 Å². The van der Waals surface area contributed by atoms with Crippen LogP contribution in [0, 0.1) is 5.92 Å². The number of nitrogens with one attached hydrogen (secondary N) is 1. The van der Waals surface area contributed by atoms with Crippen LogP contribution in [0.5, 0.6) is 5.75 Å². The number of nitrogen functional groups attached to an aromatic ring is 1. The number of ether oxygens (including phenoxy) is 1. The van der Waals surface area contributed by atoms with Gasteiger partial charge in [0.15, 0.2) is 0 Å². The molecule has 0 atom stereocenters. The summed E-state index contributed by atoms with van der Waals surface area (Å²) in [7, 11) is 1.51. The molecule has 0 spiro atoms. The van der Waals surface area contributed by atoms with Crippen molar-refractivity contribution in [3.63, 3.8) is 0 Å². The van der Waals surface area contributed by atoms with E-state index in [1.807, 2.05) is 0 Å². The number of rotatable bonds is 4. The molecule has 1 saturated carbocycles. The third kappa shape index (κ3) is 3.88. The lowest BCUT2D eigenvalue weighted by Crippen LogP contribution is -2.45. The summed E-state index contributed by atoms with van der Waals surface area (Å²) in [5, 5.41) is 13.3. The normalized spacial score (nSPS) is 25.4. The summed E-state index contributed by atoms with van der Waals surface area (Å²) in [5.41, 5.74) is 5.93. The maximum Gasteiger partial charge on any atom is 0.251 e. The minimum Gasteiger partial charge on any atom is -0.495 e. The van der Waals surface area contributed by atoms with Gasteiger partial charge < -0.3 is 20.9 Å². The summed E-state index contributed by atoms with van der Waals surface area (Å²) in [6.45, 7) is 2.48. The predicted molar refractivity (Wildman–Crippen MR) is 82.3 cm³/mol. The Kier molecular flexibility index (Phi) is 4.73. The summed E-state index contributed by atoms with van der Waals surface area (Å²) in [5.74, 6) is 0.913. The third-order valence-corrected chi connectivity index (χ3v) is 4.28. The van der Waals surface area contributed by atoms with E-state index in [4.69, 9.17) is 10.5 Å². The van der Waals surface area contributed by atoms with E-state index in [1.165, 1.54) is 7.11 Å². The number of hydrogen-bond acceptors (Lipinski definition) is 4. The standard InChI is InChI=1S/C16H24N2O3/c1-11-5-7-16(20,8-6-11)10-18-15(19)12-3-4-13(17)14(9-12)21-2/h3-4,9,11,20H,5-8,10,17H2,1-2H3,(H,18,19). The van der Waals surface area contributed by atoms with Crippen molar-refractivity contribution in [2.24, 2.45) is 5.92 Å². The first-order chi connectivity index (χ1) is 9.93. The first-order valence-corrected chi connectivity index (χ1v) is 7.37. The van der Waals surface area contributed by atoms with Gasteiger partial charge in [-0.15, -0.1) is 0 Å². The van der Waals surface area contributed by atoms with E-state index < -0.39 is 5.60 Å². The lowest BCUT2D eigenvalue weighted by molar-refractivity contribution is -0.00540. The smallest absolute Gasteiger partial charge is 0.251 e. The molecule has 1 aromatic carbocycles. The Bertz CT molecular complexity index is 508. The van der Waals surface area contributed by atoms with Gasteiger partial charge in [-0.2, -0.15) is 0 Å². The molecular formula is C16H24N2O3. The highest BCUT2D eigenvalue weighted by Crippen LogP contribution is 2.31. The van der Waals surface area contributed by atoms with Gasteiger partial charge in [0.05, 0.1) is 18.4 Å². The first-order valence-electron chi connectivity index (χ1n) is 7.37. The van der Waals surface area contributed by atoms with E-state index in [0.29, 0.717) is 22.9 Å². The Morgan fingerprint density at radius 1 is 1.48 bits per heavy atom. The highest BCUT2D eigenvalue weighted by atomic mass is 16.5. The molecule has 1 aromatic rings. The SMILES string of the molecule is COc1cc(C(=O)NCC2(O)CCC(C)CC2)ccc1N. The molecule has 1 aliphatic rings. The summed E-state index contributed by atoms with van der Waals surface area (Å²) in [6, 6.07) is 4.91. The summed E-state index contributed by atoms with van der Waals surface area (Å²) in [6.07, 6.45) is 3.48. The molecule has 2 rings (SSSR count). The van der Waals surface area contributed by atoms with Crippen molar-refractivity contribution in [3.05, 3.63) is 23.8 Å². The van der Waals surface area contributed by atoms with Crippen molar-refractivity contribution in [2.45, 2.75) is 38.2 Å². The van der Waals surface area contributed by atoms with Crippen molar-refractivity contribution in [1.82, 2.24) is 5.32 Å². The van der Waals surface area contributed by atoms with Crippen molar-refractivity contribution in [2.75, 3.05) is 19.4 Å². The Balaban J connectivity index is 1.95. The monoisotopic (exact) mass is 292 g/mol. The van der Waals surface area contributed by atoms with E-state index in [0.717, 1.165) is 25.7 Å². The number of anilines is 1. The van der Waals surface area contributed by atoms with Crippen LogP contribution in [-0.2, 0) is 0 Å². The zero-order valence-corrected chi connectivity index (χ0v) is 12.7. The van der Waals surface area contributed by atoms with Crippen LogP contribution in [0.2, 0.25) is 0 Å². The van der Waals surface area contributed by atoms with E-state index in [1.54, 1.807) is 18.2 Å². The summed E-state index contributed by atoms with van der Waals surface area (Å²) < 4.78 is 5.11. The van der Waals surface area contributed by atoms with Crippen molar-refractivity contribution in [3.8, 4) is 5.75 Å². The van der Waals surface area contributed by atoms with Crippen LogP contribution in [0.3, 0.4) is 0 Å². The van der Waals surface area contributed by atoms with Gasteiger partial charge in [-0.1, -0.05) is 6.92 Å². The predicted octanol–water partition coefficient (Wildman–Crippen LogP) is 1.95. The van der Waals surface area contributed by atoms with E-state index >= 15 is 0 Å². The van der Waals surface area contributed by atoms with Gasteiger partial charge in [0.2, 0.25) is 0 Å². The van der Waals surface area contributed by atoms with Crippen molar-refractivity contribution >= 4 is 11.6 Å². The van der Waals surface area contributed by atoms with E-state index in [2.05, 4.69) is 12.2 Å². The quantitative estimate of drug-likeness (QED) is 0.741. The fourth-order valence-electron chi connectivity index (χ4n) is 2.68. The number of methoxy groups -OCH3 is 1. The first kappa shape index (κ1) is 15.6. The number of amides is 1. The molecule has 0 heterocycles. The molecule has 0 aliphatic heterocycles. The second-order valence-corrected chi connectivity index (χ2v) is 6.05. The summed E-state index contributed by atoms with van der Waals surface area (Å²) in [4.78, 5) is 12.2. The maximum absolute atomic E-state index is 12.2. The Morgan fingerprint density at radius 2 is 2.14 bits per heavy atom. The molecule has 0 aromatic heterocycles. The fourth-order valence-corrected chi connectivity index (χ4v) is 2.68.